The number of fused-ring (bicyclic) bond motifs is 6. The van der Waals surface area contributed by atoms with Crippen molar-refractivity contribution in [1.29, 1.82) is 0 Å². The zero-order chi connectivity index (χ0) is 21.5. The van der Waals surface area contributed by atoms with Crippen LogP contribution in [0.15, 0.2) is 97.1 Å². The van der Waals surface area contributed by atoms with Crippen LogP contribution in [-0.4, -0.2) is 5.97 Å². The van der Waals surface area contributed by atoms with Gasteiger partial charge in [0.15, 0.2) is 0 Å². The van der Waals surface area contributed by atoms with Crippen molar-refractivity contribution in [2.75, 3.05) is 0 Å². The standard InChI is InChI=1S/C30H22O2.ClH/c31-30(19-22-10-5-9-20-7-1-3-11-23(20)22)32-29-14-6-13-25-27-16-15-21-8-2-4-12-24(21)26(27)17-18-28(25)29;/h1-5,7-12,14-18H,6,13,19H2;1H. The Balaban J connectivity index is 0.00000228. The van der Waals surface area contributed by atoms with Crippen LogP contribution in [0.1, 0.15) is 23.1 Å². The number of allylic oxidation sites excluding steroid dienone is 1. The van der Waals surface area contributed by atoms with Crippen LogP contribution in [0.3, 0.4) is 0 Å². The number of carbonyl (C=O) groups excluding carboxylic acids is 1. The first kappa shape index (κ1) is 21.2. The fourth-order valence-electron chi connectivity index (χ4n) is 4.97. The van der Waals surface area contributed by atoms with Gasteiger partial charge in [-0.1, -0.05) is 91.0 Å². The second kappa shape index (κ2) is 8.73. The number of rotatable bonds is 3. The number of hydrogen-bond acceptors (Lipinski definition) is 2. The summed E-state index contributed by atoms with van der Waals surface area (Å²) in [6.07, 6.45) is 4.13. The molecule has 0 bridgehead atoms. The van der Waals surface area contributed by atoms with Crippen LogP contribution in [-0.2, 0) is 22.4 Å². The number of benzene rings is 5. The van der Waals surface area contributed by atoms with E-state index in [0.29, 0.717) is 5.76 Å². The molecular weight excluding hydrogens is 428 g/mol. The molecule has 0 aromatic heterocycles. The van der Waals surface area contributed by atoms with Crippen LogP contribution in [0.2, 0.25) is 0 Å². The molecule has 0 saturated heterocycles. The van der Waals surface area contributed by atoms with Gasteiger partial charge in [-0.25, -0.2) is 0 Å². The molecule has 0 spiro atoms. The summed E-state index contributed by atoms with van der Waals surface area (Å²) in [5.41, 5.74) is 3.30. The van der Waals surface area contributed by atoms with Crippen molar-refractivity contribution in [2.45, 2.75) is 19.3 Å². The Hall–Kier alpha value is -3.62. The van der Waals surface area contributed by atoms with Gasteiger partial charge in [0.05, 0.1) is 6.42 Å². The summed E-state index contributed by atoms with van der Waals surface area (Å²) in [7, 11) is 0. The van der Waals surface area contributed by atoms with E-state index in [2.05, 4.69) is 72.8 Å². The van der Waals surface area contributed by atoms with Gasteiger partial charge in [-0.05, 0) is 62.4 Å². The number of hydrogen-bond donors (Lipinski definition) is 0. The van der Waals surface area contributed by atoms with Crippen molar-refractivity contribution in [3.8, 4) is 0 Å². The SMILES string of the molecule is Cl.O=C(Cc1cccc2ccccc12)OC1=CCCc2c1ccc1c2ccc2ccccc21. The summed E-state index contributed by atoms with van der Waals surface area (Å²) < 4.78 is 5.93. The molecule has 0 unspecified atom stereocenters. The molecule has 2 nitrogen and oxygen atoms in total. The molecule has 0 fully saturated rings. The van der Waals surface area contributed by atoms with Crippen molar-refractivity contribution >= 4 is 56.5 Å². The molecule has 162 valence electrons. The van der Waals surface area contributed by atoms with E-state index >= 15 is 0 Å². The maximum absolute atomic E-state index is 12.9. The average molecular weight is 451 g/mol. The second-order valence-electron chi connectivity index (χ2n) is 8.37. The maximum Gasteiger partial charge on any atom is 0.315 e. The van der Waals surface area contributed by atoms with Crippen LogP contribution in [0, 0.1) is 0 Å². The van der Waals surface area contributed by atoms with Crippen LogP contribution in [0.25, 0.3) is 38.1 Å². The first-order chi connectivity index (χ1) is 15.8. The van der Waals surface area contributed by atoms with Gasteiger partial charge in [0, 0.05) is 5.56 Å². The molecule has 3 heteroatoms. The lowest BCUT2D eigenvalue weighted by Crippen LogP contribution is -2.11. The summed E-state index contributed by atoms with van der Waals surface area (Å²) in [4.78, 5) is 12.9. The summed E-state index contributed by atoms with van der Waals surface area (Å²) in [6.45, 7) is 0. The minimum atomic E-state index is -0.223. The molecule has 0 saturated carbocycles. The van der Waals surface area contributed by atoms with Gasteiger partial charge in [-0.2, -0.15) is 0 Å². The van der Waals surface area contributed by atoms with Crippen molar-refractivity contribution in [3.05, 3.63) is 114 Å². The number of aryl methyl sites for hydroxylation is 1. The average Bonchev–Trinajstić information content (AvgIpc) is 2.84. The van der Waals surface area contributed by atoms with Gasteiger partial charge in [0.25, 0.3) is 0 Å². The molecule has 0 radical (unpaired) electrons. The molecule has 0 heterocycles. The van der Waals surface area contributed by atoms with Crippen LogP contribution in [0.5, 0.6) is 0 Å². The molecule has 1 aliphatic carbocycles. The highest BCUT2D eigenvalue weighted by Gasteiger charge is 2.20. The highest BCUT2D eigenvalue weighted by atomic mass is 35.5. The highest BCUT2D eigenvalue weighted by molar-refractivity contribution is 6.09. The molecule has 1 aliphatic rings. The summed E-state index contributed by atoms with van der Waals surface area (Å²) in [5.74, 6) is 0.464. The summed E-state index contributed by atoms with van der Waals surface area (Å²) >= 11 is 0. The summed E-state index contributed by atoms with van der Waals surface area (Å²) in [5, 5.41) is 7.24. The number of esters is 1. The highest BCUT2D eigenvalue weighted by Crippen LogP contribution is 2.36. The number of ether oxygens (including phenoxy) is 1. The molecule has 5 aromatic rings. The van der Waals surface area contributed by atoms with E-state index < -0.39 is 0 Å². The van der Waals surface area contributed by atoms with Gasteiger partial charge in [0.1, 0.15) is 5.76 Å². The molecular formula is C30H23ClO2. The Morgan fingerprint density at radius 3 is 2.24 bits per heavy atom. The number of halogens is 1. The van der Waals surface area contributed by atoms with Crippen molar-refractivity contribution in [1.82, 2.24) is 0 Å². The van der Waals surface area contributed by atoms with Gasteiger partial charge >= 0.3 is 5.97 Å². The normalized spacial score (nSPS) is 12.8. The molecule has 0 atom stereocenters. The first-order valence-corrected chi connectivity index (χ1v) is 11.1. The maximum atomic E-state index is 12.9. The predicted molar refractivity (Wildman–Crippen MR) is 139 cm³/mol. The quantitative estimate of drug-likeness (QED) is 0.208. The van der Waals surface area contributed by atoms with Crippen LogP contribution >= 0.6 is 12.4 Å². The van der Waals surface area contributed by atoms with E-state index in [-0.39, 0.29) is 24.8 Å². The largest absolute Gasteiger partial charge is 0.426 e. The van der Waals surface area contributed by atoms with E-state index in [9.17, 15) is 4.79 Å². The van der Waals surface area contributed by atoms with Crippen molar-refractivity contribution in [2.24, 2.45) is 0 Å². The van der Waals surface area contributed by atoms with Gasteiger partial charge in [-0.15, -0.1) is 12.4 Å². The Kier molecular flexibility index (Phi) is 5.62. The molecule has 0 N–H and O–H groups in total. The van der Waals surface area contributed by atoms with Gasteiger partial charge in [0.2, 0.25) is 0 Å². The van der Waals surface area contributed by atoms with E-state index in [0.717, 1.165) is 34.7 Å². The van der Waals surface area contributed by atoms with Crippen LogP contribution < -0.4 is 0 Å². The molecule has 0 aliphatic heterocycles. The van der Waals surface area contributed by atoms with E-state index in [4.69, 9.17) is 4.74 Å². The van der Waals surface area contributed by atoms with Crippen molar-refractivity contribution in [3.63, 3.8) is 0 Å². The zero-order valence-electron chi connectivity index (χ0n) is 18.1. The third-order valence-electron chi connectivity index (χ3n) is 6.47. The summed E-state index contributed by atoms with van der Waals surface area (Å²) in [6, 6.07) is 31.4. The third kappa shape index (κ3) is 3.77. The lowest BCUT2D eigenvalue weighted by atomic mass is 9.89. The Bertz CT molecular complexity index is 1540. The van der Waals surface area contributed by atoms with Gasteiger partial charge in [-0.3, -0.25) is 4.79 Å². The topological polar surface area (TPSA) is 26.3 Å². The molecule has 6 rings (SSSR count). The molecule has 0 amide bonds. The molecule has 33 heavy (non-hydrogen) atoms. The Labute approximate surface area is 198 Å². The van der Waals surface area contributed by atoms with Crippen molar-refractivity contribution < 1.29 is 9.53 Å². The van der Waals surface area contributed by atoms with E-state index in [1.165, 1.54) is 27.1 Å². The molecule has 5 aromatic carbocycles. The van der Waals surface area contributed by atoms with Gasteiger partial charge < -0.3 is 4.74 Å². The monoisotopic (exact) mass is 450 g/mol. The first-order valence-electron chi connectivity index (χ1n) is 11.1. The number of carbonyl (C=O) groups is 1. The lowest BCUT2D eigenvalue weighted by Gasteiger charge is -2.20. The lowest BCUT2D eigenvalue weighted by molar-refractivity contribution is -0.135. The Morgan fingerprint density at radius 1 is 0.697 bits per heavy atom. The second-order valence-corrected chi connectivity index (χ2v) is 8.37. The smallest absolute Gasteiger partial charge is 0.315 e. The van der Waals surface area contributed by atoms with E-state index in [1.807, 2.05) is 24.3 Å². The fourth-order valence-corrected chi connectivity index (χ4v) is 4.97. The zero-order valence-corrected chi connectivity index (χ0v) is 18.9. The van der Waals surface area contributed by atoms with E-state index in [1.54, 1.807) is 0 Å². The third-order valence-corrected chi connectivity index (χ3v) is 6.47. The minimum absolute atomic E-state index is 0. The fraction of sp³-hybridized carbons (Fsp3) is 0.100. The Morgan fingerprint density at radius 2 is 1.39 bits per heavy atom. The van der Waals surface area contributed by atoms with Crippen LogP contribution in [0.4, 0.5) is 0 Å². The minimum Gasteiger partial charge on any atom is -0.426 e. The predicted octanol–water partition coefficient (Wildman–Crippen LogP) is 7.64.